The maximum atomic E-state index is 10.4. The maximum absolute atomic E-state index is 10.4. The first kappa shape index (κ1) is 10.5. The fourth-order valence-electron chi connectivity index (χ4n) is 0.987. The van der Waals surface area contributed by atoms with Gasteiger partial charge in [-0.3, -0.25) is 15.3 Å². The molecule has 8 nitrogen and oxygen atoms in total. The molecular weight excluding hydrogens is 236 g/mol. The highest BCUT2D eigenvalue weighted by atomic mass is 32.1. The maximum Gasteiger partial charge on any atom is 0.433 e. The van der Waals surface area contributed by atoms with Crippen molar-refractivity contribution in [2.75, 3.05) is 12.1 Å². The summed E-state index contributed by atoms with van der Waals surface area (Å²) in [6.45, 7) is 0. The van der Waals surface area contributed by atoms with E-state index in [1.54, 1.807) is 0 Å². The zero-order valence-electron chi connectivity index (χ0n) is 8.02. The van der Waals surface area contributed by atoms with Gasteiger partial charge in [0.1, 0.15) is 4.92 Å². The van der Waals surface area contributed by atoms with Gasteiger partial charge >= 0.3 is 5.88 Å². The van der Waals surface area contributed by atoms with Crippen molar-refractivity contribution in [1.29, 1.82) is 0 Å². The molecule has 2 aromatic rings. The first-order chi connectivity index (χ1) is 7.58. The van der Waals surface area contributed by atoms with Crippen LogP contribution in [0.4, 0.5) is 11.0 Å². The van der Waals surface area contributed by atoms with Gasteiger partial charge in [-0.2, -0.15) is 0 Å². The standard InChI is InChI=1S/C7H6N4O4S/c1-10(12)7-9-8-6(16-7)4-2-3-5(15-4)11(13)14/h2-3,12H,1H3. The highest BCUT2D eigenvalue weighted by Crippen LogP contribution is 2.30. The van der Waals surface area contributed by atoms with E-state index in [2.05, 4.69) is 10.2 Å². The highest BCUT2D eigenvalue weighted by Gasteiger charge is 2.17. The van der Waals surface area contributed by atoms with E-state index in [-0.39, 0.29) is 16.8 Å². The van der Waals surface area contributed by atoms with Gasteiger partial charge in [0.05, 0.1) is 6.07 Å². The van der Waals surface area contributed by atoms with Gasteiger partial charge in [-0.25, -0.2) is 5.06 Å². The van der Waals surface area contributed by atoms with Crippen LogP contribution in [0.5, 0.6) is 0 Å². The highest BCUT2D eigenvalue weighted by molar-refractivity contribution is 7.18. The molecule has 1 N–H and O–H groups in total. The van der Waals surface area contributed by atoms with E-state index in [0.717, 1.165) is 16.4 Å². The van der Waals surface area contributed by atoms with Crippen LogP contribution in [0.1, 0.15) is 0 Å². The van der Waals surface area contributed by atoms with Crippen molar-refractivity contribution in [2.45, 2.75) is 0 Å². The zero-order valence-corrected chi connectivity index (χ0v) is 8.84. The normalized spacial score (nSPS) is 10.4. The lowest BCUT2D eigenvalue weighted by Crippen LogP contribution is -2.08. The summed E-state index contributed by atoms with van der Waals surface area (Å²) in [5.74, 6) is -0.110. The third-order valence-corrected chi connectivity index (χ3v) is 2.68. The summed E-state index contributed by atoms with van der Waals surface area (Å²) >= 11 is 1.06. The fourth-order valence-corrected chi connectivity index (χ4v) is 1.67. The van der Waals surface area contributed by atoms with Crippen molar-refractivity contribution < 1.29 is 14.5 Å². The number of anilines is 1. The fraction of sp³-hybridized carbons (Fsp3) is 0.143. The summed E-state index contributed by atoms with van der Waals surface area (Å²) in [5.41, 5.74) is 0. The minimum atomic E-state index is -0.635. The van der Waals surface area contributed by atoms with Crippen molar-refractivity contribution in [3.05, 3.63) is 22.2 Å². The molecule has 0 saturated heterocycles. The Balaban J connectivity index is 2.31. The predicted octanol–water partition coefficient (Wildman–Crippen LogP) is 1.53. The van der Waals surface area contributed by atoms with Gasteiger partial charge in [0.25, 0.3) is 0 Å². The second kappa shape index (κ2) is 3.87. The number of hydroxylamine groups is 1. The topological polar surface area (TPSA) is 106 Å². The van der Waals surface area contributed by atoms with Crippen molar-refractivity contribution >= 4 is 22.4 Å². The van der Waals surface area contributed by atoms with Gasteiger partial charge in [0.2, 0.25) is 5.13 Å². The molecule has 0 fully saturated rings. The van der Waals surface area contributed by atoms with E-state index in [1.165, 1.54) is 19.2 Å². The first-order valence-corrected chi connectivity index (χ1v) is 4.90. The lowest BCUT2D eigenvalue weighted by molar-refractivity contribution is -0.401. The summed E-state index contributed by atoms with van der Waals surface area (Å²) in [7, 11) is 1.40. The van der Waals surface area contributed by atoms with Crippen LogP contribution < -0.4 is 5.06 Å². The van der Waals surface area contributed by atoms with Crippen LogP contribution in [-0.4, -0.2) is 27.4 Å². The third-order valence-electron chi connectivity index (χ3n) is 1.67. The molecule has 16 heavy (non-hydrogen) atoms. The number of hydrogen-bond donors (Lipinski definition) is 1. The summed E-state index contributed by atoms with van der Waals surface area (Å²) in [5, 5.41) is 28.3. The number of rotatable bonds is 3. The van der Waals surface area contributed by atoms with Crippen LogP contribution in [-0.2, 0) is 0 Å². The van der Waals surface area contributed by atoms with E-state index in [0.29, 0.717) is 5.01 Å². The molecule has 0 bridgehead atoms. The van der Waals surface area contributed by atoms with Crippen molar-refractivity contribution in [3.63, 3.8) is 0 Å². The van der Waals surface area contributed by atoms with E-state index in [9.17, 15) is 10.1 Å². The molecule has 2 rings (SSSR count). The van der Waals surface area contributed by atoms with Gasteiger partial charge in [-0.15, -0.1) is 10.2 Å². The van der Waals surface area contributed by atoms with Crippen LogP contribution in [0.25, 0.3) is 10.8 Å². The van der Waals surface area contributed by atoms with Gasteiger partial charge in [0, 0.05) is 7.05 Å². The molecule has 0 atom stereocenters. The molecule has 84 valence electrons. The second-order valence-corrected chi connectivity index (χ2v) is 3.76. The third kappa shape index (κ3) is 1.85. The first-order valence-electron chi connectivity index (χ1n) is 4.08. The molecular formula is C7H6N4O4S. The van der Waals surface area contributed by atoms with Crippen LogP contribution in [0.15, 0.2) is 16.5 Å². The van der Waals surface area contributed by atoms with E-state index >= 15 is 0 Å². The van der Waals surface area contributed by atoms with Crippen LogP contribution in [0, 0.1) is 10.1 Å². The molecule has 0 aromatic carbocycles. The summed E-state index contributed by atoms with van der Waals surface area (Å²) in [4.78, 5) is 9.75. The van der Waals surface area contributed by atoms with Crippen LogP contribution >= 0.6 is 11.3 Å². The molecule has 0 saturated carbocycles. The van der Waals surface area contributed by atoms with E-state index in [4.69, 9.17) is 9.62 Å². The lowest BCUT2D eigenvalue weighted by Gasteiger charge is -2.01. The summed E-state index contributed by atoms with van der Waals surface area (Å²) < 4.78 is 4.93. The number of aromatic nitrogens is 2. The molecule has 2 aromatic heterocycles. The quantitative estimate of drug-likeness (QED) is 0.642. The molecule has 0 unspecified atom stereocenters. The Hall–Kier alpha value is -2.00. The molecule has 0 radical (unpaired) electrons. The number of hydrogen-bond acceptors (Lipinski definition) is 8. The number of furan rings is 1. The van der Waals surface area contributed by atoms with Gasteiger partial charge in [-0.05, 0) is 6.07 Å². The number of nitro groups is 1. The molecule has 2 heterocycles. The molecule has 0 aliphatic heterocycles. The van der Waals surface area contributed by atoms with Gasteiger partial charge in [-0.1, -0.05) is 11.3 Å². The van der Waals surface area contributed by atoms with Crippen molar-refractivity contribution in [3.8, 4) is 10.8 Å². The van der Waals surface area contributed by atoms with Crippen molar-refractivity contribution in [1.82, 2.24) is 10.2 Å². The minimum absolute atomic E-state index is 0.248. The van der Waals surface area contributed by atoms with E-state index in [1.807, 2.05) is 0 Å². The molecule has 0 aliphatic carbocycles. The molecule has 9 heteroatoms. The van der Waals surface area contributed by atoms with Gasteiger partial charge in [0.15, 0.2) is 10.8 Å². The monoisotopic (exact) mass is 242 g/mol. The second-order valence-electron chi connectivity index (χ2n) is 2.81. The molecule has 0 aliphatic rings. The summed E-state index contributed by atoms with van der Waals surface area (Å²) in [6, 6.07) is 2.67. The average molecular weight is 242 g/mol. The zero-order chi connectivity index (χ0) is 11.7. The average Bonchev–Trinajstić information content (AvgIpc) is 2.86. The largest absolute Gasteiger partial charge is 0.433 e. The number of nitrogens with zero attached hydrogens (tertiary/aromatic N) is 4. The van der Waals surface area contributed by atoms with Crippen molar-refractivity contribution in [2.24, 2.45) is 0 Å². The van der Waals surface area contributed by atoms with E-state index < -0.39 is 4.92 Å². The van der Waals surface area contributed by atoms with Crippen LogP contribution in [0.2, 0.25) is 0 Å². The van der Waals surface area contributed by atoms with Gasteiger partial charge < -0.3 is 4.42 Å². The lowest BCUT2D eigenvalue weighted by atomic mass is 10.5. The SMILES string of the molecule is CN(O)c1nnc(-c2ccc([N+](=O)[O-])o2)s1. The minimum Gasteiger partial charge on any atom is -0.398 e. The molecule has 0 spiro atoms. The predicted molar refractivity (Wildman–Crippen MR) is 54.5 cm³/mol. The molecule has 0 amide bonds. The van der Waals surface area contributed by atoms with Crippen LogP contribution in [0.3, 0.4) is 0 Å². The summed E-state index contributed by atoms with van der Waals surface area (Å²) in [6.07, 6.45) is 0. The Kier molecular flexibility index (Phi) is 2.54. The Morgan fingerprint density at radius 3 is 2.81 bits per heavy atom. The Labute approximate surface area is 92.9 Å². The Bertz CT molecular complexity index is 520. The Morgan fingerprint density at radius 2 is 2.31 bits per heavy atom. The smallest absolute Gasteiger partial charge is 0.398 e. The Morgan fingerprint density at radius 1 is 1.56 bits per heavy atom.